The number of hydrogen-bond acceptors (Lipinski definition) is 3. The molecule has 0 aliphatic carbocycles. The van der Waals surface area contributed by atoms with Crippen molar-refractivity contribution in [3.63, 3.8) is 0 Å². The first-order valence-electron chi connectivity index (χ1n) is 3.87. The fourth-order valence-corrected chi connectivity index (χ4v) is 1.75. The zero-order chi connectivity index (χ0) is 9.52. The van der Waals surface area contributed by atoms with Crippen molar-refractivity contribution in [1.29, 1.82) is 10.5 Å². The molecule has 0 aliphatic rings. The average Bonchev–Trinajstić information content (AvgIpc) is 2.19. The molecular weight excluding hydrogens is 180 g/mol. The van der Waals surface area contributed by atoms with Gasteiger partial charge in [0.05, 0.1) is 11.6 Å². The minimum atomic E-state index is 0.518. The lowest BCUT2D eigenvalue weighted by molar-refractivity contribution is 1.23. The molecule has 0 atom stereocenters. The van der Waals surface area contributed by atoms with E-state index in [1.165, 1.54) is 0 Å². The van der Waals surface area contributed by atoms with E-state index in [1.807, 2.05) is 18.2 Å². The number of benzene rings is 1. The Bertz CT molecular complexity index is 360. The van der Waals surface area contributed by atoms with E-state index in [0.717, 1.165) is 10.6 Å². The number of rotatable bonds is 3. The van der Waals surface area contributed by atoms with Crippen LogP contribution in [0.2, 0.25) is 0 Å². The summed E-state index contributed by atoms with van der Waals surface area (Å²) >= 11 is 1.55. The fourth-order valence-electron chi connectivity index (χ4n) is 0.892. The summed E-state index contributed by atoms with van der Waals surface area (Å²) in [6, 6.07) is 11.6. The van der Waals surface area contributed by atoms with Gasteiger partial charge in [0.1, 0.15) is 6.07 Å². The first-order chi connectivity index (χ1) is 6.38. The van der Waals surface area contributed by atoms with Crippen molar-refractivity contribution in [3.8, 4) is 12.1 Å². The SMILES string of the molecule is N#CCCSc1ccccc1C#N. The number of hydrogen-bond donors (Lipinski definition) is 0. The molecule has 0 aromatic heterocycles. The zero-order valence-electron chi connectivity index (χ0n) is 7.03. The summed E-state index contributed by atoms with van der Waals surface area (Å²) in [4.78, 5) is 0.959. The largest absolute Gasteiger partial charge is 0.198 e. The average molecular weight is 188 g/mol. The van der Waals surface area contributed by atoms with Crippen LogP contribution in [-0.4, -0.2) is 5.75 Å². The highest BCUT2D eigenvalue weighted by Gasteiger charge is 1.99. The van der Waals surface area contributed by atoms with Gasteiger partial charge in [-0.2, -0.15) is 10.5 Å². The van der Waals surface area contributed by atoms with Crippen LogP contribution < -0.4 is 0 Å². The minimum Gasteiger partial charge on any atom is -0.198 e. The van der Waals surface area contributed by atoms with Crippen molar-refractivity contribution >= 4 is 11.8 Å². The Morgan fingerprint density at radius 1 is 1.23 bits per heavy atom. The third kappa shape index (κ3) is 2.82. The van der Waals surface area contributed by atoms with E-state index in [9.17, 15) is 0 Å². The predicted molar refractivity (Wildman–Crippen MR) is 52.1 cm³/mol. The third-order valence-electron chi connectivity index (χ3n) is 1.48. The lowest BCUT2D eigenvalue weighted by atomic mass is 10.2. The second-order valence-corrected chi connectivity index (χ2v) is 3.50. The summed E-state index contributed by atoms with van der Waals surface area (Å²) in [5, 5.41) is 17.1. The molecule has 64 valence electrons. The molecule has 0 spiro atoms. The molecule has 2 nitrogen and oxygen atoms in total. The highest BCUT2D eigenvalue weighted by Crippen LogP contribution is 2.22. The molecule has 0 N–H and O–H groups in total. The van der Waals surface area contributed by atoms with Crippen LogP contribution in [0.3, 0.4) is 0 Å². The molecule has 0 amide bonds. The Balaban J connectivity index is 2.67. The van der Waals surface area contributed by atoms with Gasteiger partial charge in [0.15, 0.2) is 0 Å². The summed E-state index contributed by atoms with van der Waals surface area (Å²) in [5.41, 5.74) is 0.686. The molecule has 1 aromatic rings. The molecule has 0 saturated carbocycles. The first-order valence-corrected chi connectivity index (χ1v) is 4.86. The van der Waals surface area contributed by atoms with Crippen molar-refractivity contribution in [2.24, 2.45) is 0 Å². The van der Waals surface area contributed by atoms with Gasteiger partial charge in [0.2, 0.25) is 0 Å². The van der Waals surface area contributed by atoms with Gasteiger partial charge in [-0.25, -0.2) is 0 Å². The van der Waals surface area contributed by atoms with Crippen molar-refractivity contribution < 1.29 is 0 Å². The van der Waals surface area contributed by atoms with Gasteiger partial charge in [-0.05, 0) is 12.1 Å². The Hall–Kier alpha value is -1.45. The molecule has 0 unspecified atom stereocenters. The van der Waals surface area contributed by atoms with Gasteiger partial charge in [0, 0.05) is 17.1 Å². The quantitative estimate of drug-likeness (QED) is 0.541. The van der Waals surface area contributed by atoms with Crippen molar-refractivity contribution in [3.05, 3.63) is 29.8 Å². The van der Waals surface area contributed by atoms with E-state index in [2.05, 4.69) is 12.1 Å². The molecule has 1 rings (SSSR count). The van der Waals surface area contributed by atoms with E-state index >= 15 is 0 Å². The highest BCUT2D eigenvalue weighted by atomic mass is 32.2. The molecule has 1 aromatic carbocycles. The van der Waals surface area contributed by atoms with Crippen molar-refractivity contribution in [1.82, 2.24) is 0 Å². The summed E-state index contributed by atoms with van der Waals surface area (Å²) in [5.74, 6) is 0.745. The van der Waals surface area contributed by atoms with E-state index < -0.39 is 0 Å². The number of nitriles is 2. The van der Waals surface area contributed by atoms with Gasteiger partial charge >= 0.3 is 0 Å². The maximum absolute atomic E-state index is 8.75. The van der Waals surface area contributed by atoms with Crippen LogP contribution in [0.4, 0.5) is 0 Å². The lowest BCUT2D eigenvalue weighted by Gasteiger charge is -1.99. The molecule has 0 radical (unpaired) electrons. The Kier molecular flexibility index (Phi) is 3.88. The molecule has 0 saturated heterocycles. The predicted octanol–water partition coefficient (Wildman–Crippen LogP) is 2.56. The summed E-state index contributed by atoms with van der Waals surface area (Å²) in [6.07, 6.45) is 0.518. The van der Waals surface area contributed by atoms with Crippen molar-refractivity contribution in [2.45, 2.75) is 11.3 Å². The second-order valence-electron chi connectivity index (χ2n) is 2.36. The fraction of sp³-hybridized carbons (Fsp3) is 0.200. The Morgan fingerprint density at radius 2 is 2.00 bits per heavy atom. The van der Waals surface area contributed by atoms with Gasteiger partial charge in [-0.1, -0.05) is 12.1 Å². The summed E-state index contributed by atoms with van der Waals surface area (Å²) in [6.45, 7) is 0. The van der Waals surface area contributed by atoms with Crippen LogP contribution in [0.5, 0.6) is 0 Å². The topological polar surface area (TPSA) is 47.6 Å². The van der Waals surface area contributed by atoms with E-state index in [-0.39, 0.29) is 0 Å². The third-order valence-corrected chi connectivity index (χ3v) is 2.55. The van der Waals surface area contributed by atoms with E-state index in [0.29, 0.717) is 12.0 Å². The second kappa shape index (κ2) is 5.24. The van der Waals surface area contributed by atoms with Crippen LogP contribution >= 0.6 is 11.8 Å². The Morgan fingerprint density at radius 3 is 2.69 bits per heavy atom. The molecular formula is C10H8N2S. The van der Waals surface area contributed by atoms with Crippen molar-refractivity contribution in [2.75, 3.05) is 5.75 Å². The van der Waals surface area contributed by atoms with Crippen LogP contribution in [0.1, 0.15) is 12.0 Å². The molecule has 0 heterocycles. The van der Waals surface area contributed by atoms with E-state index in [4.69, 9.17) is 10.5 Å². The molecule has 13 heavy (non-hydrogen) atoms. The standard InChI is InChI=1S/C10H8N2S/c11-6-3-7-13-10-5-2-1-4-9(10)8-12/h1-2,4-5H,3,7H2. The monoisotopic (exact) mass is 188 g/mol. The van der Waals surface area contributed by atoms with E-state index in [1.54, 1.807) is 17.8 Å². The zero-order valence-corrected chi connectivity index (χ0v) is 7.84. The van der Waals surface area contributed by atoms with Gasteiger partial charge in [-0.15, -0.1) is 11.8 Å². The number of thioether (sulfide) groups is 1. The first kappa shape index (κ1) is 9.64. The number of nitrogens with zero attached hydrogens (tertiary/aromatic N) is 2. The van der Waals surface area contributed by atoms with Crippen LogP contribution in [0.15, 0.2) is 29.2 Å². The Labute approximate surface area is 81.8 Å². The molecule has 0 bridgehead atoms. The van der Waals surface area contributed by atoms with Gasteiger partial charge in [-0.3, -0.25) is 0 Å². The van der Waals surface area contributed by atoms with Gasteiger partial charge < -0.3 is 0 Å². The van der Waals surface area contributed by atoms with Crippen LogP contribution in [0, 0.1) is 22.7 Å². The normalized spacial score (nSPS) is 8.77. The summed E-state index contributed by atoms with van der Waals surface area (Å²) < 4.78 is 0. The highest BCUT2D eigenvalue weighted by molar-refractivity contribution is 7.99. The molecule has 0 fully saturated rings. The molecule has 3 heteroatoms. The summed E-state index contributed by atoms with van der Waals surface area (Å²) in [7, 11) is 0. The van der Waals surface area contributed by atoms with Gasteiger partial charge in [0.25, 0.3) is 0 Å². The maximum Gasteiger partial charge on any atom is 0.100 e. The minimum absolute atomic E-state index is 0.518. The smallest absolute Gasteiger partial charge is 0.100 e. The van der Waals surface area contributed by atoms with Crippen LogP contribution in [-0.2, 0) is 0 Å². The maximum atomic E-state index is 8.75. The molecule has 0 aliphatic heterocycles. The lowest BCUT2D eigenvalue weighted by Crippen LogP contribution is -1.82. The van der Waals surface area contributed by atoms with Crippen LogP contribution in [0.25, 0.3) is 0 Å².